The highest BCUT2D eigenvalue weighted by Gasteiger charge is 2.33. The van der Waals surface area contributed by atoms with Gasteiger partial charge in [-0.25, -0.2) is 18.8 Å². The van der Waals surface area contributed by atoms with Gasteiger partial charge in [0.1, 0.15) is 17.3 Å². The second kappa shape index (κ2) is 14.3. The molecule has 2 heterocycles. The fourth-order valence-corrected chi connectivity index (χ4v) is 5.71. The first-order valence-corrected chi connectivity index (χ1v) is 15.5. The minimum absolute atomic E-state index is 0.144. The first kappa shape index (κ1) is 33.5. The van der Waals surface area contributed by atoms with E-state index in [-0.39, 0.29) is 17.3 Å². The van der Waals surface area contributed by atoms with Crippen LogP contribution in [0, 0.1) is 5.82 Å². The molecule has 14 heteroatoms. The molecule has 1 aromatic heterocycles. The number of hydrogen-bond donors (Lipinski definition) is 2. The molecule has 1 aliphatic rings. The highest BCUT2D eigenvalue weighted by atomic mass is 35.5. The number of nitrogens with one attached hydrogen (secondary N) is 1. The Morgan fingerprint density at radius 1 is 1.04 bits per heavy atom. The van der Waals surface area contributed by atoms with Crippen molar-refractivity contribution in [1.82, 2.24) is 14.6 Å². The SMILES string of the molecule is CC[C@H](N)C(=O)N1CCN(n2c(C(C)N(C(=O)Nc3ccc(F)cc3)c3ccc(OC)cc3OC)nc3cc(Cl)ccc3c2=O)CC1. The Balaban J connectivity index is 1.64. The van der Waals surface area contributed by atoms with E-state index in [2.05, 4.69) is 5.32 Å². The van der Waals surface area contributed by atoms with Gasteiger partial charge in [0.2, 0.25) is 5.91 Å². The summed E-state index contributed by atoms with van der Waals surface area (Å²) in [5.74, 6) is 0.466. The molecule has 1 unspecified atom stereocenters. The summed E-state index contributed by atoms with van der Waals surface area (Å²) in [7, 11) is 2.98. The summed E-state index contributed by atoms with van der Waals surface area (Å²) < 4.78 is 26.2. The maximum Gasteiger partial charge on any atom is 0.327 e. The van der Waals surface area contributed by atoms with Crippen LogP contribution in [0.2, 0.25) is 5.02 Å². The molecule has 4 aromatic rings. The van der Waals surface area contributed by atoms with E-state index in [0.717, 1.165) is 0 Å². The second-order valence-electron chi connectivity index (χ2n) is 11.1. The Hall–Kier alpha value is -4.88. The van der Waals surface area contributed by atoms with Gasteiger partial charge >= 0.3 is 6.03 Å². The van der Waals surface area contributed by atoms with Gasteiger partial charge in [0, 0.05) is 29.9 Å². The third-order valence-corrected chi connectivity index (χ3v) is 8.40. The van der Waals surface area contributed by atoms with Gasteiger partial charge in [-0.1, -0.05) is 18.5 Å². The number of ether oxygens (including phenoxy) is 2. The number of urea groups is 1. The van der Waals surface area contributed by atoms with Crippen LogP contribution < -0.4 is 36.0 Å². The average Bonchev–Trinajstić information content (AvgIpc) is 3.08. The number of hydrogen-bond acceptors (Lipinski definition) is 8. The van der Waals surface area contributed by atoms with E-state index in [1.54, 1.807) is 48.2 Å². The Morgan fingerprint density at radius 3 is 2.38 bits per heavy atom. The number of carbonyl (C=O) groups excluding carboxylic acids is 2. The minimum atomic E-state index is -0.887. The van der Waals surface area contributed by atoms with Crippen LogP contribution in [0.4, 0.5) is 20.6 Å². The predicted octanol–water partition coefficient (Wildman–Crippen LogP) is 4.52. The van der Waals surface area contributed by atoms with Crippen LogP contribution in [0.15, 0.2) is 65.5 Å². The maximum atomic E-state index is 14.2. The van der Waals surface area contributed by atoms with E-state index in [9.17, 15) is 18.8 Å². The lowest BCUT2D eigenvalue weighted by Crippen LogP contribution is -2.58. The quantitative estimate of drug-likeness (QED) is 0.267. The highest BCUT2D eigenvalue weighted by molar-refractivity contribution is 6.31. The van der Waals surface area contributed by atoms with E-state index in [4.69, 9.17) is 31.8 Å². The largest absolute Gasteiger partial charge is 0.497 e. The zero-order valence-electron chi connectivity index (χ0n) is 26.6. The van der Waals surface area contributed by atoms with Crippen LogP contribution in [0.5, 0.6) is 11.5 Å². The molecule has 248 valence electrons. The van der Waals surface area contributed by atoms with Gasteiger partial charge in [-0.2, -0.15) is 0 Å². The van der Waals surface area contributed by atoms with Crippen molar-refractivity contribution in [3.05, 3.63) is 87.7 Å². The number of anilines is 2. The minimum Gasteiger partial charge on any atom is -0.497 e. The van der Waals surface area contributed by atoms with Crippen molar-refractivity contribution in [2.45, 2.75) is 32.4 Å². The molecule has 0 spiro atoms. The first-order chi connectivity index (χ1) is 22.6. The van der Waals surface area contributed by atoms with Gasteiger partial charge in [0.15, 0.2) is 5.82 Å². The Bertz CT molecular complexity index is 1830. The normalized spacial score (nSPS) is 14.4. The summed E-state index contributed by atoms with van der Waals surface area (Å²) in [5.41, 5.74) is 6.71. The molecule has 3 amide bonds. The number of halogens is 2. The lowest BCUT2D eigenvalue weighted by atomic mass is 10.1. The number of rotatable bonds is 9. The molecule has 3 N–H and O–H groups in total. The van der Waals surface area contributed by atoms with E-state index in [1.807, 2.05) is 11.9 Å². The number of nitrogens with zero attached hydrogens (tertiary/aromatic N) is 5. The molecule has 2 atom stereocenters. The van der Waals surface area contributed by atoms with Crippen molar-refractivity contribution in [1.29, 1.82) is 0 Å². The Morgan fingerprint density at radius 2 is 1.74 bits per heavy atom. The molecule has 47 heavy (non-hydrogen) atoms. The Kier molecular flexibility index (Phi) is 10.2. The Labute approximate surface area is 276 Å². The van der Waals surface area contributed by atoms with Gasteiger partial charge in [-0.05, 0) is 67.9 Å². The first-order valence-electron chi connectivity index (χ1n) is 15.2. The molecule has 1 fully saturated rings. The summed E-state index contributed by atoms with van der Waals surface area (Å²) in [5, 5.41) is 5.36. The van der Waals surface area contributed by atoms with Crippen molar-refractivity contribution in [3.8, 4) is 11.5 Å². The number of methoxy groups -OCH3 is 2. The summed E-state index contributed by atoms with van der Waals surface area (Å²) in [4.78, 5) is 49.2. The van der Waals surface area contributed by atoms with Crippen LogP contribution in [-0.2, 0) is 4.79 Å². The molecule has 3 aromatic carbocycles. The highest BCUT2D eigenvalue weighted by Crippen LogP contribution is 2.37. The number of nitrogens with two attached hydrogens (primary N) is 1. The van der Waals surface area contributed by atoms with E-state index in [1.165, 1.54) is 48.1 Å². The molecule has 1 saturated heterocycles. The second-order valence-corrected chi connectivity index (χ2v) is 11.5. The monoisotopic (exact) mass is 665 g/mol. The molecule has 0 bridgehead atoms. The number of benzene rings is 3. The summed E-state index contributed by atoms with van der Waals surface area (Å²) in [6.07, 6.45) is 0.516. The zero-order chi connectivity index (χ0) is 33.8. The van der Waals surface area contributed by atoms with E-state index >= 15 is 0 Å². The van der Waals surface area contributed by atoms with Crippen LogP contribution >= 0.6 is 11.6 Å². The fourth-order valence-electron chi connectivity index (χ4n) is 5.55. The van der Waals surface area contributed by atoms with E-state index in [0.29, 0.717) is 71.4 Å². The number of piperazine rings is 1. The van der Waals surface area contributed by atoms with Gasteiger partial charge in [0.05, 0.1) is 56.0 Å². The topological polar surface area (TPSA) is 135 Å². The summed E-state index contributed by atoms with van der Waals surface area (Å²) in [6, 6.07) is 13.1. The third-order valence-electron chi connectivity index (χ3n) is 8.16. The molecular weight excluding hydrogens is 629 g/mol. The fraction of sp³-hybridized carbons (Fsp3) is 0.333. The molecular formula is C33H37ClFN7O5. The molecule has 5 rings (SSSR count). The molecule has 1 aliphatic heterocycles. The van der Waals surface area contributed by atoms with Crippen molar-refractivity contribution in [3.63, 3.8) is 0 Å². The molecule has 0 saturated carbocycles. The van der Waals surface area contributed by atoms with Crippen LogP contribution in [0.25, 0.3) is 10.9 Å². The average molecular weight is 666 g/mol. The van der Waals surface area contributed by atoms with Gasteiger partial charge < -0.3 is 30.4 Å². The van der Waals surface area contributed by atoms with Crippen molar-refractivity contribution >= 4 is 45.8 Å². The van der Waals surface area contributed by atoms with Crippen molar-refractivity contribution in [2.75, 3.05) is 55.6 Å². The summed E-state index contributed by atoms with van der Waals surface area (Å²) >= 11 is 6.32. The number of aromatic nitrogens is 2. The number of fused-ring (bicyclic) bond motifs is 1. The van der Waals surface area contributed by atoms with Crippen LogP contribution in [0.3, 0.4) is 0 Å². The predicted molar refractivity (Wildman–Crippen MR) is 180 cm³/mol. The van der Waals surface area contributed by atoms with E-state index < -0.39 is 23.9 Å². The lowest BCUT2D eigenvalue weighted by Gasteiger charge is -2.39. The van der Waals surface area contributed by atoms with Crippen LogP contribution in [0.1, 0.15) is 32.1 Å². The standard InChI is InChI=1S/C33H37ClFN7O5/c1-5-26(36)32(44)39-14-16-40(17-15-39)42-30(38-27-18-21(34)6-12-25(27)31(42)43)20(2)41(28-13-11-24(46-3)19-29(28)47-4)33(45)37-23-9-7-22(35)8-10-23/h6-13,18-20,26H,5,14-17,36H2,1-4H3,(H,37,45)/t20?,26-/m0/s1. The lowest BCUT2D eigenvalue weighted by molar-refractivity contribution is -0.133. The smallest absolute Gasteiger partial charge is 0.327 e. The number of carbonyl (C=O) groups is 2. The molecule has 0 aliphatic carbocycles. The van der Waals surface area contributed by atoms with Crippen molar-refractivity contribution in [2.24, 2.45) is 5.73 Å². The maximum absolute atomic E-state index is 14.2. The molecule has 12 nitrogen and oxygen atoms in total. The third kappa shape index (κ3) is 6.96. The summed E-state index contributed by atoms with van der Waals surface area (Å²) in [6.45, 7) is 4.91. The van der Waals surface area contributed by atoms with Gasteiger partial charge in [-0.3, -0.25) is 14.5 Å². The zero-order valence-corrected chi connectivity index (χ0v) is 27.3. The van der Waals surface area contributed by atoms with Gasteiger partial charge in [-0.15, -0.1) is 0 Å². The van der Waals surface area contributed by atoms with Crippen LogP contribution in [-0.4, -0.2) is 72.9 Å². The van der Waals surface area contributed by atoms with Crippen molar-refractivity contribution < 1.29 is 23.5 Å². The molecule has 0 radical (unpaired) electrons. The van der Waals surface area contributed by atoms with Gasteiger partial charge in [0.25, 0.3) is 5.56 Å². The number of amides is 3.